The minimum Gasteiger partial charge on any atom is -0.497 e. The maximum atomic E-state index is 12.5. The van der Waals surface area contributed by atoms with Crippen LogP contribution in [-0.2, 0) is 6.42 Å². The fourth-order valence-corrected chi connectivity index (χ4v) is 3.35. The van der Waals surface area contributed by atoms with Gasteiger partial charge in [-0.05, 0) is 65.4 Å². The molecule has 3 aromatic rings. The van der Waals surface area contributed by atoms with Crippen LogP contribution in [0.4, 0.5) is 0 Å². The van der Waals surface area contributed by atoms with Gasteiger partial charge in [-0.3, -0.25) is 0 Å². The predicted molar refractivity (Wildman–Crippen MR) is 118 cm³/mol. The van der Waals surface area contributed by atoms with E-state index in [1.165, 1.54) is 18.4 Å². The molecule has 150 valence electrons. The molecule has 0 radical (unpaired) electrons. The van der Waals surface area contributed by atoms with E-state index in [9.17, 15) is 4.79 Å². The van der Waals surface area contributed by atoms with Crippen LogP contribution < -0.4 is 9.47 Å². The van der Waals surface area contributed by atoms with Gasteiger partial charge in [-0.15, -0.1) is 0 Å². The molecule has 3 nitrogen and oxygen atoms in total. The highest BCUT2D eigenvalue weighted by Gasteiger charge is 2.10. The maximum absolute atomic E-state index is 12.5. The number of ether oxygens (including phenoxy) is 2. The third-order valence-corrected chi connectivity index (χ3v) is 5.36. The lowest BCUT2D eigenvalue weighted by Crippen LogP contribution is -2.08. The van der Waals surface area contributed by atoms with Crippen LogP contribution in [0.3, 0.4) is 0 Å². The molecule has 0 N–H and O–H groups in total. The zero-order valence-corrected chi connectivity index (χ0v) is 17.4. The summed E-state index contributed by atoms with van der Waals surface area (Å²) in [5.41, 5.74) is 3.92. The molecule has 3 aromatic carbocycles. The van der Waals surface area contributed by atoms with E-state index in [1.54, 1.807) is 19.2 Å². The predicted octanol–water partition coefficient (Wildman–Crippen LogP) is 6.56. The van der Waals surface area contributed by atoms with Crippen LogP contribution in [-0.4, -0.2) is 13.1 Å². The summed E-state index contributed by atoms with van der Waals surface area (Å²) < 4.78 is 10.7. The molecule has 3 rings (SSSR count). The molecule has 29 heavy (non-hydrogen) atoms. The summed E-state index contributed by atoms with van der Waals surface area (Å²) >= 11 is 0. The molecule has 0 atom stereocenters. The molecule has 0 saturated heterocycles. The lowest BCUT2D eigenvalue weighted by Gasteiger charge is -2.12. The Morgan fingerprint density at radius 2 is 1.28 bits per heavy atom. The Bertz CT molecular complexity index is 906. The van der Waals surface area contributed by atoms with Gasteiger partial charge in [-0.2, -0.15) is 0 Å². The van der Waals surface area contributed by atoms with Crippen molar-refractivity contribution in [2.24, 2.45) is 5.92 Å². The molecule has 0 saturated carbocycles. The average Bonchev–Trinajstić information content (AvgIpc) is 2.78. The number of carbonyl (C=O) groups excluding carboxylic acids is 1. The van der Waals surface area contributed by atoms with Crippen molar-refractivity contribution in [3.8, 4) is 22.6 Å². The monoisotopic (exact) mass is 388 g/mol. The number of carbonyl (C=O) groups is 1. The smallest absolute Gasteiger partial charge is 0.343 e. The van der Waals surface area contributed by atoms with Gasteiger partial charge in [0.25, 0.3) is 0 Å². The van der Waals surface area contributed by atoms with Crippen LogP contribution in [0.5, 0.6) is 11.5 Å². The second-order valence-corrected chi connectivity index (χ2v) is 7.23. The summed E-state index contributed by atoms with van der Waals surface area (Å²) in [5, 5.41) is 0. The highest BCUT2D eigenvalue weighted by Crippen LogP contribution is 2.24. The van der Waals surface area contributed by atoms with Crippen molar-refractivity contribution in [2.75, 3.05) is 7.11 Å². The first-order valence-corrected chi connectivity index (χ1v) is 10.2. The van der Waals surface area contributed by atoms with E-state index in [2.05, 4.69) is 13.8 Å². The summed E-state index contributed by atoms with van der Waals surface area (Å²) in [4.78, 5) is 12.5. The standard InChI is InChI=1S/C26H28O3/c1-4-19(5-2)18-20-6-14-25(15-7-20)29-26(27)23-10-8-21(9-11-23)22-12-16-24(28-3)17-13-22/h6-17,19H,4-5,18H2,1-3H3. The third-order valence-electron chi connectivity index (χ3n) is 5.36. The molecule has 0 aromatic heterocycles. The number of hydrogen-bond donors (Lipinski definition) is 0. The SMILES string of the molecule is CCC(CC)Cc1ccc(OC(=O)c2ccc(-c3ccc(OC)cc3)cc2)cc1. The first kappa shape index (κ1) is 20.7. The molecule has 0 spiro atoms. The minimum atomic E-state index is -0.348. The van der Waals surface area contributed by atoms with Gasteiger partial charge in [0.1, 0.15) is 11.5 Å². The van der Waals surface area contributed by atoms with Crippen LogP contribution in [0.15, 0.2) is 72.8 Å². The van der Waals surface area contributed by atoms with Crippen LogP contribution in [0.2, 0.25) is 0 Å². The fourth-order valence-electron chi connectivity index (χ4n) is 3.35. The van der Waals surface area contributed by atoms with E-state index in [0.717, 1.165) is 23.3 Å². The summed E-state index contributed by atoms with van der Waals surface area (Å²) in [7, 11) is 1.65. The molecule has 0 heterocycles. The van der Waals surface area contributed by atoms with Gasteiger partial charge in [0, 0.05) is 0 Å². The topological polar surface area (TPSA) is 35.5 Å². The molecular formula is C26H28O3. The molecule has 0 unspecified atom stereocenters. The maximum Gasteiger partial charge on any atom is 0.343 e. The Morgan fingerprint density at radius 1 is 0.759 bits per heavy atom. The van der Waals surface area contributed by atoms with Crippen molar-refractivity contribution < 1.29 is 14.3 Å². The molecule has 0 aliphatic carbocycles. The summed E-state index contributed by atoms with van der Waals surface area (Å²) in [6.07, 6.45) is 3.42. The third kappa shape index (κ3) is 5.47. The van der Waals surface area contributed by atoms with Gasteiger partial charge in [-0.1, -0.05) is 63.1 Å². The molecule has 0 aliphatic heterocycles. The number of hydrogen-bond acceptors (Lipinski definition) is 3. The summed E-state index contributed by atoms with van der Waals surface area (Å²) in [6.45, 7) is 4.45. The molecular weight excluding hydrogens is 360 g/mol. The Balaban J connectivity index is 1.63. The van der Waals surface area contributed by atoms with Gasteiger partial charge in [-0.25, -0.2) is 4.79 Å². The lowest BCUT2D eigenvalue weighted by molar-refractivity contribution is 0.0734. The first-order valence-electron chi connectivity index (χ1n) is 10.2. The van der Waals surface area contributed by atoms with Crippen molar-refractivity contribution in [3.63, 3.8) is 0 Å². The summed E-state index contributed by atoms with van der Waals surface area (Å²) in [6, 6.07) is 23.1. The Kier molecular flexibility index (Phi) is 7.07. The van der Waals surface area contributed by atoms with Crippen LogP contribution >= 0.6 is 0 Å². The molecule has 0 aliphatic rings. The number of benzene rings is 3. The van der Waals surface area contributed by atoms with E-state index in [1.807, 2.05) is 60.7 Å². The van der Waals surface area contributed by atoms with Crippen LogP contribution in [0.1, 0.15) is 42.6 Å². The Labute approximate surface area is 173 Å². The molecule has 0 bridgehead atoms. The van der Waals surface area contributed by atoms with Crippen LogP contribution in [0, 0.1) is 5.92 Å². The quantitative estimate of drug-likeness (QED) is 0.324. The number of rotatable bonds is 8. The second kappa shape index (κ2) is 9.92. The van der Waals surface area contributed by atoms with Gasteiger partial charge < -0.3 is 9.47 Å². The van der Waals surface area contributed by atoms with Gasteiger partial charge in [0.2, 0.25) is 0 Å². The average molecular weight is 389 g/mol. The van der Waals surface area contributed by atoms with Crippen molar-refractivity contribution in [2.45, 2.75) is 33.1 Å². The number of methoxy groups -OCH3 is 1. The largest absolute Gasteiger partial charge is 0.497 e. The lowest BCUT2D eigenvalue weighted by atomic mass is 9.95. The Hall–Kier alpha value is -3.07. The van der Waals surface area contributed by atoms with Gasteiger partial charge in [0.15, 0.2) is 0 Å². The van der Waals surface area contributed by atoms with Crippen molar-refractivity contribution in [3.05, 3.63) is 83.9 Å². The normalized spacial score (nSPS) is 10.8. The fraction of sp³-hybridized carbons (Fsp3) is 0.269. The zero-order chi connectivity index (χ0) is 20.6. The van der Waals surface area contributed by atoms with E-state index < -0.39 is 0 Å². The van der Waals surface area contributed by atoms with Crippen molar-refractivity contribution in [1.82, 2.24) is 0 Å². The van der Waals surface area contributed by atoms with Crippen molar-refractivity contribution >= 4 is 5.97 Å². The minimum absolute atomic E-state index is 0.348. The van der Waals surface area contributed by atoms with Gasteiger partial charge in [0.05, 0.1) is 12.7 Å². The van der Waals surface area contributed by atoms with E-state index in [4.69, 9.17) is 9.47 Å². The number of esters is 1. The van der Waals surface area contributed by atoms with E-state index in [0.29, 0.717) is 17.2 Å². The van der Waals surface area contributed by atoms with E-state index in [-0.39, 0.29) is 5.97 Å². The Morgan fingerprint density at radius 3 is 1.79 bits per heavy atom. The first-order chi connectivity index (χ1) is 14.1. The van der Waals surface area contributed by atoms with Crippen molar-refractivity contribution in [1.29, 1.82) is 0 Å². The zero-order valence-electron chi connectivity index (χ0n) is 17.4. The van der Waals surface area contributed by atoms with E-state index >= 15 is 0 Å². The molecule has 0 fully saturated rings. The molecule has 3 heteroatoms. The summed E-state index contributed by atoms with van der Waals surface area (Å²) in [5.74, 6) is 1.74. The highest BCUT2D eigenvalue weighted by atomic mass is 16.5. The van der Waals surface area contributed by atoms with Crippen LogP contribution in [0.25, 0.3) is 11.1 Å². The highest BCUT2D eigenvalue weighted by molar-refractivity contribution is 5.91. The van der Waals surface area contributed by atoms with Gasteiger partial charge >= 0.3 is 5.97 Å². The second-order valence-electron chi connectivity index (χ2n) is 7.23. The molecule has 0 amide bonds.